The predicted octanol–water partition coefficient (Wildman–Crippen LogP) is 6.29. The summed E-state index contributed by atoms with van der Waals surface area (Å²) in [6.07, 6.45) is 0.925. The first kappa shape index (κ1) is 26.9. The summed E-state index contributed by atoms with van der Waals surface area (Å²) in [5.41, 5.74) is 3.43. The lowest BCUT2D eigenvalue weighted by Gasteiger charge is -2.39. The van der Waals surface area contributed by atoms with E-state index in [1.54, 1.807) is 7.11 Å². The van der Waals surface area contributed by atoms with Crippen LogP contribution in [0.4, 0.5) is 5.82 Å². The zero-order chi connectivity index (χ0) is 26.3. The number of benzene rings is 3. The Morgan fingerprint density at radius 3 is 2.11 bits per heavy atom. The molecule has 1 aliphatic heterocycles. The van der Waals surface area contributed by atoms with Crippen LogP contribution >= 0.6 is 23.2 Å². The van der Waals surface area contributed by atoms with Gasteiger partial charge in [-0.1, -0.05) is 59.6 Å². The van der Waals surface area contributed by atoms with Gasteiger partial charge in [-0.3, -0.25) is 9.80 Å². The smallest absolute Gasteiger partial charge is 0.145 e. The minimum Gasteiger partial charge on any atom is -0.385 e. The second-order valence-corrected chi connectivity index (χ2v) is 10.5. The molecule has 0 saturated carbocycles. The highest BCUT2D eigenvalue weighted by molar-refractivity contribution is 6.30. The molecule has 0 aliphatic carbocycles. The van der Waals surface area contributed by atoms with Gasteiger partial charge in [-0.2, -0.15) is 0 Å². The van der Waals surface area contributed by atoms with E-state index in [2.05, 4.69) is 51.5 Å². The van der Waals surface area contributed by atoms with Crippen LogP contribution in [-0.2, 0) is 11.3 Å². The van der Waals surface area contributed by atoms with Crippen LogP contribution in [0.5, 0.6) is 0 Å². The van der Waals surface area contributed by atoms with Crippen LogP contribution in [0.15, 0.2) is 72.8 Å². The van der Waals surface area contributed by atoms with Crippen molar-refractivity contribution in [2.75, 3.05) is 51.8 Å². The molecule has 2 heterocycles. The monoisotopic (exact) mass is 549 g/mol. The van der Waals surface area contributed by atoms with Crippen molar-refractivity contribution >= 4 is 39.9 Å². The number of methoxy groups -OCH3 is 1. The molecule has 4 aromatic rings. The molecule has 1 saturated heterocycles. The molecule has 1 aliphatic rings. The van der Waals surface area contributed by atoms with E-state index < -0.39 is 0 Å². The quantitative estimate of drug-likeness (QED) is 0.234. The minimum absolute atomic E-state index is 0.145. The summed E-state index contributed by atoms with van der Waals surface area (Å²) in [5, 5.41) is 6.03. The zero-order valence-electron chi connectivity index (χ0n) is 21.6. The number of nitrogens with zero attached hydrogens (tertiary/aromatic N) is 4. The Bertz CT molecular complexity index is 1280. The van der Waals surface area contributed by atoms with Gasteiger partial charge >= 0.3 is 0 Å². The number of ether oxygens (including phenoxy) is 1. The SMILES string of the molecule is COCCCNc1nc(CN2CCN(C(c3ccc(Cl)cc3)c3ccc(Cl)cc3)CC2)nc2ccccc12. The van der Waals surface area contributed by atoms with Crippen LogP contribution in [-0.4, -0.2) is 66.2 Å². The number of fused-ring (bicyclic) bond motifs is 1. The summed E-state index contributed by atoms with van der Waals surface area (Å²) in [6, 6.07) is 24.7. The first-order chi connectivity index (χ1) is 18.6. The first-order valence-electron chi connectivity index (χ1n) is 13.1. The van der Waals surface area contributed by atoms with Gasteiger partial charge in [-0.05, 0) is 53.9 Å². The van der Waals surface area contributed by atoms with E-state index in [1.807, 2.05) is 36.4 Å². The number of rotatable bonds is 10. The standard InChI is InChI=1S/C30H33Cl2N5O/c1-38-20-4-15-33-30-26-5-2-3-6-27(26)34-28(35-30)21-36-16-18-37(19-17-36)29(22-7-11-24(31)12-8-22)23-9-13-25(32)14-10-23/h2-3,5-14,29H,4,15-21H2,1H3,(H,33,34,35). The van der Waals surface area contributed by atoms with Gasteiger partial charge in [-0.15, -0.1) is 0 Å². The van der Waals surface area contributed by atoms with Gasteiger partial charge in [0.25, 0.3) is 0 Å². The molecule has 0 spiro atoms. The Hall–Kier alpha value is -2.74. The van der Waals surface area contributed by atoms with Gasteiger partial charge in [0, 0.05) is 61.9 Å². The van der Waals surface area contributed by atoms with E-state index in [0.717, 1.165) is 84.9 Å². The average Bonchev–Trinajstić information content (AvgIpc) is 2.94. The van der Waals surface area contributed by atoms with Crippen molar-refractivity contribution in [2.24, 2.45) is 0 Å². The van der Waals surface area contributed by atoms with Crippen LogP contribution in [0.3, 0.4) is 0 Å². The highest BCUT2D eigenvalue weighted by atomic mass is 35.5. The van der Waals surface area contributed by atoms with Crippen molar-refractivity contribution in [2.45, 2.75) is 19.0 Å². The number of hydrogen-bond donors (Lipinski definition) is 1. The van der Waals surface area contributed by atoms with Crippen LogP contribution in [0.1, 0.15) is 29.4 Å². The van der Waals surface area contributed by atoms with Gasteiger partial charge < -0.3 is 10.1 Å². The molecule has 8 heteroatoms. The lowest BCUT2D eigenvalue weighted by atomic mass is 9.96. The summed E-state index contributed by atoms with van der Waals surface area (Å²) in [4.78, 5) is 14.8. The number of aromatic nitrogens is 2. The molecule has 0 atom stereocenters. The molecule has 0 radical (unpaired) electrons. The van der Waals surface area contributed by atoms with Gasteiger partial charge in [0.1, 0.15) is 11.6 Å². The zero-order valence-corrected chi connectivity index (χ0v) is 23.1. The molecule has 38 heavy (non-hydrogen) atoms. The van der Waals surface area contributed by atoms with Crippen molar-refractivity contribution in [3.63, 3.8) is 0 Å². The summed E-state index contributed by atoms with van der Waals surface area (Å²) in [7, 11) is 1.73. The lowest BCUT2D eigenvalue weighted by Crippen LogP contribution is -2.47. The normalized spacial score (nSPS) is 14.8. The largest absolute Gasteiger partial charge is 0.385 e. The predicted molar refractivity (Wildman–Crippen MR) is 156 cm³/mol. The molecular formula is C30H33Cl2N5O. The van der Waals surface area contributed by atoms with E-state index in [1.165, 1.54) is 11.1 Å². The maximum absolute atomic E-state index is 6.19. The van der Waals surface area contributed by atoms with Crippen molar-refractivity contribution in [1.82, 2.24) is 19.8 Å². The lowest BCUT2D eigenvalue weighted by molar-refractivity contribution is 0.103. The number of nitrogens with one attached hydrogen (secondary N) is 1. The number of anilines is 1. The molecular weight excluding hydrogens is 517 g/mol. The number of para-hydroxylation sites is 1. The van der Waals surface area contributed by atoms with E-state index in [0.29, 0.717) is 0 Å². The van der Waals surface area contributed by atoms with E-state index in [-0.39, 0.29) is 6.04 Å². The minimum atomic E-state index is 0.145. The van der Waals surface area contributed by atoms with E-state index >= 15 is 0 Å². The third-order valence-corrected chi connectivity index (χ3v) is 7.48. The van der Waals surface area contributed by atoms with Crippen molar-refractivity contribution < 1.29 is 4.74 Å². The van der Waals surface area contributed by atoms with Crippen LogP contribution < -0.4 is 5.32 Å². The van der Waals surface area contributed by atoms with Crippen molar-refractivity contribution in [3.05, 3.63) is 99.8 Å². The van der Waals surface area contributed by atoms with Crippen LogP contribution in [0.25, 0.3) is 10.9 Å². The molecule has 1 N–H and O–H groups in total. The van der Waals surface area contributed by atoms with Crippen molar-refractivity contribution in [3.8, 4) is 0 Å². The van der Waals surface area contributed by atoms with Crippen LogP contribution in [0, 0.1) is 0 Å². The Balaban J connectivity index is 1.29. The molecule has 1 aromatic heterocycles. The molecule has 3 aromatic carbocycles. The molecule has 6 nitrogen and oxygen atoms in total. The topological polar surface area (TPSA) is 53.5 Å². The van der Waals surface area contributed by atoms with Gasteiger partial charge in [0.05, 0.1) is 18.1 Å². The third-order valence-electron chi connectivity index (χ3n) is 6.98. The Morgan fingerprint density at radius 1 is 0.842 bits per heavy atom. The number of piperazine rings is 1. The molecule has 0 bridgehead atoms. The maximum atomic E-state index is 6.19. The first-order valence-corrected chi connectivity index (χ1v) is 13.8. The Kier molecular flexibility index (Phi) is 9.10. The maximum Gasteiger partial charge on any atom is 0.145 e. The summed E-state index contributed by atoms with van der Waals surface area (Å²) >= 11 is 12.4. The summed E-state index contributed by atoms with van der Waals surface area (Å²) in [6.45, 7) is 5.99. The second-order valence-electron chi connectivity index (χ2n) is 9.60. The third kappa shape index (κ3) is 6.63. The van der Waals surface area contributed by atoms with Crippen molar-refractivity contribution in [1.29, 1.82) is 0 Å². The second kappa shape index (κ2) is 12.9. The van der Waals surface area contributed by atoms with E-state index in [4.69, 9.17) is 37.9 Å². The molecule has 1 fully saturated rings. The fourth-order valence-corrected chi connectivity index (χ4v) is 5.29. The van der Waals surface area contributed by atoms with Crippen LogP contribution in [0.2, 0.25) is 10.0 Å². The van der Waals surface area contributed by atoms with Gasteiger partial charge in [0.15, 0.2) is 0 Å². The molecule has 5 rings (SSSR count). The summed E-state index contributed by atoms with van der Waals surface area (Å²) < 4.78 is 5.19. The number of halogens is 2. The van der Waals surface area contributed by atoms with Gasteiger partial charge in [-0.25, -0.2) is 9.97 Å². The fourth-order valence-electron chi connectivity index (χ4n) is 5.04. The van der Waals surface area contributed by atoms with Gasteiger partial charge in [0.2, 0.25) is 0 Å². The summed E-state index contributed by atoms with van der Waals surface area (Å²) in [5.74, 6) is 1.74. The highest BCUT2D eigenvalue weighted by Gasteiger charge is 2.27. The molecule has 0 amide bonds. The number of hydrogen-bond acceptors (Lipinski definition) is 6. The highest BCUT2D eigenvalue weighted by Crippen LogP contribution is 2.31. The Labute approximate surface area is 234 Å². The average molecular weight is 551 g/mol. The molecule has 198 valence electrons. The Morgan fingerprint density at radius 2 is 1.47 bits per heavy atom. The van der Waals surface area contributed by atoms with E-state index in [9.17, 15) is 0 Å². The fraction of sp³-hybridized carbons (Fsp3) is 0.333. The molecule has 0 unspecified atom stereocenters.